The van der Waals surface area contributed by atoms with Crippen molar-refractivity contribution in [2.45, 2.75) is 104 Å². The van der Waals surface area contributed by atoms with Crippen LogP contribution in [-0.4, -0.2) is 20.6 Å². The van der Waals surface area contributed by atoms with Crippen LogP contribution in [0.1, 0.15) is 83.1 Å². The van der Waals surface area contributed by atoms with E-state index in [4.69, 9.17) is 0 Å². The maximum absolute atomic E-state index is 4.51. The Bertz CT molecular complexity index is 247. The van der Waals surface area contributed by atoms with Crippen LogP contribution >= 0.6 is 20.8 Å². The van der Waals surface area contributed by atoms with E-state index >= 15 is 0 Å². The third-order valence-corrected chi connectivity index (χ3v) is 27.9. The summed E-state index contributed by atoms with van der Waals surface area (Å²) >= 11 is 4.51. The summed E-state index contributed by atoms with van der Waals surface area (Å²) in [6, 6.07) is 0. The molecule has 18 heavy (non-hydrogen) atoms. The van der Waals surface area contributed by atoms with Gasteiger partial charge < -0.3 is 0 Å². The second kappa shape index (κ2) is 4.20. The number of rotatable bonds is 0. The molecular weight excluding hydrogens is 303 g/mol. The fraction of sp³-hybridized carbons (Fsp3) is 1.00. The van der Waals surface area contributed by atoms with Crippen molar-refractivity contribution in [3.63, 3.8) is 0 Å². The topological polar surface area (TPSA) is 0 Å². The molecule has 0 saturated heterocycles. The van der Waals surface area contributed by atoms with Gasteiger partial charge in [-0.15, -0.1) is 0 Å². The number of hydrogen-bond donors (Lipinski definition) is 0. The molecular formula is C16H36BrP. The molecule has 0 heterocycles. The zero-order valence-electron chi connectivity index (χ0n) is 14.8. The van der Waals surface area contributed by atoms with Gasteiger partial charge in [0.05, 0.1) is 0 Å². The predicted molar refractivity (Wildman–Crippen MR) is 94.9 cm³/mol. The molecule has 0 aliphatic carbocycles. The first kappa shape index (κ1) is 18.9. The van der Waals surface area contributed by atoms with Crippen LogP contribution in [0.15, 0.2) is 0 Å². The summed E-state index contributed by atoms with van der Waals surface area (Å²) in [7, 11) is 0. The Kier molecular flexibility index (Phi) is 4.41. The van der Waals surface area contributed by atoms with Crippen LogP contribution in [0, 0.1) is 0 Å². The molecule has 0 atom stereocenters. The summed E-state index contributed by atoms with van der Waals surface area (Å²) < 4.78 is 0. The number of hydrogen-bond acceptors (Lipinski definition) is 0. The van der Waals surface area contributed by atoms with Crippen molar-refractivity contribution >= 4 is 20.8 Å². The predicted octanol–water partition coefficient (Wildman–Crippen LogP) is 7.04. The molecule has 0 aromatic rings. The first-order chi connectivity index (χ1) is 7.34. The van der Waals surface area contributed by atoms with Crippen LogP contribution in [0.5, 0.6) is 0 Å². The average molecular weight is 339 g/mol. The van der Waals surface area contributed by atoms with Gasteiger partial charge in [0, 0.05) is 0 Å². The van der Waals surface area contributed by atoms with Gasteiger partial charge in [-0.1, -0.05) is 0 Å². The zero-order chi connectivity index (χ0) is 15.4. The fourth-order valence-electron chi connectivity index (χ4n) is 6.04. The Morgan fingerprint density at radius 3 is 0.556 bits per heavy atom. The third-order valence-electron chi connectivity index (χ3n) is 5.04. The van der Waals surface area contributed by atoms with Gasteiger partial charge >= 0.3 is 125 Å². The molecule has 0 bridgehead atoms. The van der Waals surface area contributed by atoms with Gasteiger partial charge in [0.15, 0.2) is 0 Å². The van der Waals surface area contributed by atoms with Crippen LogP contribution in [0.25, 0.3) is 0 Å². The molecule has 0 aromatic carbocycles. The molecule has 0 N–H and O–H groups in total. The summed E-state index contributed by atoms with van der Waals surface area (Å²) in [5.41, 5.74) is 0. The Morgan fingerprint density at radius 1 is 0.444 bits per heavy atom. The van der Waals surface area contributed by atoms with Crippen LogP contribution < -0.4 is 0 Å². The van der Waals surface area contributed by atoms with Crippen LogP contribution in [-0.2, 0) is 0 Å². The van der Waals surface area contributed by atoms with Gasteiger partial charge in [0.25, 0.3) is 0 Å². The Labute approximate surface area is 124 Å². The van der Waals surface area contributed by atoms with E-state index in [2.05, 4.69) is 98.6 Å². The van der Waals surface area contributed by atoms with Gasteiger partial charge in [-0.2, -0.15) is 0 Å². The summed E-state index contributed by atoms with van der Waals surface area (Å²) in [5.74, 6) is 0. The van der Waals surface area contributed by atoms with E-state index in [9.17, 15) is 0 Å². The third kappa shape index (κ3) is 1.79. The molecule has 0 saturated carbocycles. The minimum atomic E-state index is -2.29. The zero-order valence-corrected chi connectivity index (χ0v) is 17.3. The van der Waals surface area contributed by atoms with Crippen molar-refractivity contribution in [3.05, 3.63) is 0 Å². The van der Waals surface area contributed by atoms with Crippen LogP contribution in [0.4, 0.5) is 0 Å². The maximum atomic E-state index is 4.51. The quantitative estimate of drug-likeness (QED) is 0.415. The van der Waals surface area contributed by atoms with E-state index in [0.717, 1.165) is 0 Å². The summed E-state index contributed by atoms with van der Waals surface area (Å²) in [6.45, 7) is 29.2. The van der Waals surface area contributed by atoms with E-state index in [1.165, 1.54) is 0 Å². The Balaban J connectivity index is 6.90. The van der Waals surface area contributed by atoms with E-state index in [1.54, 1.807) is 0 Å². The van der Waals surface area contributed by atoms with Gasteiger partial charge in [-0.3, -0.25) is 0 Å². The number of halogens is 1. The summed E-state index contributed by atoms with van der Waals surface area (Å²) in [5, 5.41) is -1.29. The van der Waals surface area contributed by atoms with Crippen molar-refractivity contribution < 1.29 is 0 Å². The Morgan fingerprint density at radius 2 is 0.556 bits per heavy atom. The van der Waals surface area contributed by atoms with Crippen molar-refractivity contribution in [1.82, 2.24) is 0 Å². The molecule has 112 valence electrons. The van der Waals surface area contributed by atoms with E-state index in [1.807, 2.05) is 0 Å². The fourth-order valence-corrected chi connectivity index (χ4v) is 18.1. The standard InChI is InChI=1S/C16H36BrP/c1-13(2,3)18(17,14(4,5)6,15(7,8)9)16(10,11)12/h1-12H3. The monoisotopic (exact) mass is 338 g/mol. The normalized spacial score (nSPS) is 18.4. The molecule has 0 radical (unpaired) electrons. The molecule has 2 heteroatoms. The molecule has 0 nitrogen and oxygen atoms in total. The second-order valence-corrected chi connectivity index (χ2v) is 21.3. The van der Waals surface area contributed by atoms with E-state index in [0.29, 0.717) is 0 Å². The van der Waals surface area contributed by atoms with Crippen molar-refractivity contribution in [2.24, 2.45) is 0 Å². The first-order valence-corrected chi connectivity index (χ1v) is 11.3. The minimum absolute atomic E-state index is 0.250. The molecule has 0 unspecified atom stereocenters. The second-order valence-electron chi connectivity index (χ2n) is 9.69. The molecule has 0 aliphatic rings. The van der Waals surface area contributed by atoms with Crippen molar-refractivity contribution in [2.75, 3.05) is 0 Å². The first-order valence-electron chi connectivity index (χ1n) is 7.06. The van der Waals surface area contributed by atoms with Crippen LogP contribution in [0.2, 0.25) is 0 Å². The van der Waals surface area contributed by atoms with Crippen molar-refractivity contribution in [1.29, 1.82) is 0 Å². The van der Waals surface area contributed by atoms with Gasteiger partial charge in [0.1, 0.15) is 0 Å². The van der Waals surface area contributed by atoms with Gasteiger partial charge in [0.2, 0.25) is 0 Å². The molecule has 0 rings (SSSR count). The SMILES string of the molecule is CC(C)(C)P(Br)(C(C)(C)C)(C(C)(C)C)C(C)(C)C. The van der Waals surface area contributed by atoms with Crippen LogP contribution in [0.3, 0.4) is 0 Å². The summed E-state index contributed by atoms with van der Waals surface area (Å²) in [4.78, 5) is 0. The van der Waals surface area contributed by atoms with E-state index < -0.39 is 5.31 Å². The van der Waals surface area contributed by atoms with Gasteiger partial charge in [-0.05, 0) is 0 Å². The molecule has 0 aliphatic heterocycles. The molecule has 0 aromatic heterocycles. The van der Waals surface area contributed by atoms with E-state index in [-0.39, 0.29) is 20.6 Å². The summed E-state index contributed by atoms with van der Waals surface area (Å²) in [6.07, 6.45) is 0. The molecule has 0 spiro atoms. The molecule has 0 amide bonds. The molecule has 0 fully saturated rings. The van der Waals surface area contributed by atoms with Crippen molar-refractivity contribution in [3.8, 4) is 0 Å². The van der Waals surface area contributed by atoms with Gasteiger partial charge in [-0.25, -0.2) is 0 Å². The average Bonchev–Trinajstić information content (AvgIpc) is 1.92. The Hall–Kier alpha value is 0.910.